The fourth-order valence-corrected chi connectivity index (χ4v) is 1.01. The molecule has 0 saturated carbocycles. The fraction of sp³-hybridized carbons (Fsp3) is 0.909. The Balaban J connectivity index is 4.12. The van der Waals surface area contributed by atoms with Crippen LogP contribution in [0.5, 0.6) is 0 Å². The topological polar surface area (TPSA) is 65.0 Å². The second-order valence-corrected chi connectivity index (χ2v) is 4.28. The van der Waals surface area contributed by atoms with Crippen LogP contribution in [0.2, 0.25) is 0 Å². The van der Waals surface area contributed by atoms with Crippen molar-refractivity contribution in [3.8, 4) is 0 Å². The van der Waals surface area contributed by atoms with Crippen LogP contribution in [0.4, 0.5) is 0 Å². The highest BCUT2D eigenvalue weighted by molar-refractivity contribution is 5.75. The maximum Gasteiger partial charge on any atom is 0.338 e. The standard InChI is InChI=1S/C11H22O5/c1-5-15-9(8-14-7-6-12)10(13)16-11(2,3)4/h9,12H,5-8H2,1-4H3. The lowest BCUT2D eigenvalue weighted by Crippen LogP contribution is -2.36. The lowest BCUT2D eigenvalue weighted by Gasteiger charge is -2.23. The summed E-state index contributed by atoms with van der Waals surface area (Å²) < 4.78 is 15.4. The highest BCUT2D eigenvalue weighted by atomic mass is 16.6. The molecule has 0 heterocycles. The molecule has 0 radical (unpaired) electrons. The van der Waals surface area contributed by atoms with Crippen LogP contribution in [0.3, 0.4) is 0 Å². The average molecular weight is 234 g/mol. The number of hydrogen-bond acceptors (Lipinski definition) is 5. The Morgan fingerprint density at radius 1 is 1.38 bits per heavy atom. The smallest absolute Gasteiger partial charge is 0.338 e. The molecule has 0 spiro atoms. The van der Waals surface area contributed by atoms with E-state index in [9.17, 15) is 4.79 Å². The molecule has 0 aliphatic rings. The Bertz CT molecular complexity index is 197. The van der Waals surface area contributed by atoms with E-state index in [2.05, 4.69) is 0 Å². The summed E-state index contributed by atoms with van der Waals surface area (Å²) in [5, 5.41) is 8.55. The molecule has 96 valence electrons. The van der Waals surface area contributed by atoms with Gasteiger partial charge in [-0.3, -0.25) is 0 Å². The molecule has 0 aromatic rings. The number of aliphatic hydroxyl groups is 1. The van der Waals surface area contributed by atoms with Crippen molar-refractivity contribution in [1.82, 2.24) is 0 Å². The van der Waals surface area contributed by atoms with Gasteiger partial charge in [0.15, 0.2) is 6.10 Å². The highest BCUT2D eigenvalue weighted by Gasteiger charge is 2.25. The number of ether oxygens (including phenoxy) is 3. The van der Waals surface area contributed by atoms with Gasteiger partial charge in [0.05, 0.1) is 19.8 Å². The third-order valence-corrected chi connectivity index (χ3v) is 1.54. The average Bonchev–Trinajstić information content (AvgIpc) is 2.14. The molecule has 0 aromatic heterocycles. The van der Waals surface area contributed by atoms with E-state index in [4.69, 9.17) is 19.3 Å². The number of aliphatic hydroxyl groups excluding tert-OH is 1. The van der Waals surface area contributed by atoms with E-state index < -0.39 is 17.7 Å². The van der Waals surface area contributed by atoms with Crippen LogP contribution < -0.4 is 0 Å². The fourth-order valence-electron chi connectivity index (χ4n) is 1.01. The van der Waals surface area contributed by atoms with E-state index in [1.54, 1.807) is 27.7 Å². The molecule has 5 heteroatoms. The minimum atomic E-state index is -0.726. The van der Waals surface area contributed by atoms with Crippen molar-refractivity contribution in [3.05, 3.63) is 0 Å². The van der Waals surface area contributed by atoms with Crippen molar-refractivity contribution in [2.24, 2.45) is 0 Å². The van der Waals surface area contributed by atoms with Crippen LogP contribution in [0, 0.1) is 0 Å². The maximum atomic E-state index is 11.7. The van der Waals surface area contributed by atoms with E-state index in [1.807, 2.05) is 0 Å². The van der Waals surface area contributed by atoms with Gasteiger partial charge < -0.3 is 19.3 Å². The molecule has 0 saturated heterocycles. The van der Waals surface area contributed by atoms with Gasteiger partial charge in [0, 0.05) is 6.61 Å². The quantitative estimate of drug-likeness (QED) is 0.520. The van der Waals surface area contributed by atoms with Crippen molar-refractivity contribution >= 4 is 5.97 Å². The van der Waals surface area contributed by atoms with Crippen molar-refractivity contribution in [2.75, 3.05) is 26.4 Å². The van der Waals surface area contributed by atoms with Gasteiger partial charge in [-0.15, -0.1) is 0 Å². The Morgan fingerprint density at radius 2 is 2.00 bits per heavy atom. The summed E-state index contributed by atoms with van der Waals surface area (Å²) >= 11 is 0. The zero-order valence-corrected chi connectivity index (χ0v) is 10.5. The maximum absolute atomic E-state index is 11.7. The Kier molecular flexibility index (Phi) is 7.29. The van der Waals surface area contributed by atoms with Crippen LogP contribution in [0.25, 0.3) is 0 Å². The van der Waals surface area contributed by atoms with Gasteiger partial charge in [-0.2, -0.15) is 0 Å². The van der Waals surface area contributed by atoms with Crippen LogP contribution in [-0.4, -0.2) is 49.2 Å². The van der Waals surface area contributed by atoms with E-state index >= 15 is 0 Å². The molecule has 5 nitrogen and oxygen atoms in total. The SMILES string of the molecule is CCOC(COCCO)C(=O)OC(C)(C)C. The molecule has 1 N–H and O–H groups in total. The first-order valence-electron chi connectivity index (χ1n) is 5.43. The third kappa shape index (κ3) is 7.62. The zero-order valence-electron chi connectivity index (χ0n) is 10.5. The van der Waals surface area contributed by atoms with Crippen LogP contribution in [-0.2, 0) is 19.0 Å². The second kappa shape index (κ2) is 7.60. The Labute approximate surface area is 96.7 Å². The van der Waals surface area contributed by atoms with Crippen molar-refractivity contribution in [2.45, 2.75) is 39.4 Å². The number of rotatable bonds is 7. The molecule has 0 amide bonds. The zero-order chi connectivity index (χ0) is 12.6. The van der Waals surface area contributed by atoms with E-state index in [1.165, 1.54) is 0 Å². The summed E-state index contributed by atoms with van der Waals surface area (Å²) in [5.41, 5.74) is -0.538. The van der Waals surface area contributed by atoms with Crippen molar-refractivity contribution in [3.63, 3.8) is 0 Å². The molecule has 1 unspecified atom stereocenters. The molecule has 0 fully saturated rings. The van der Waals surface area contributed by atoms with Crippen LogP contribution in [0.15, 0.2) is 0 Å². The van der Waals surface area contributed by atoms with Gasteiger partial charge in [0.25, 0.3) is 0 Å². The van der Waals surface area contributed by atoms with E-state index in [-0.39, 0.29) is 19.8 Å². The lowest BCUT2D eigenvalue weighted by molar-refractivity contribution is -0.172. The van der Waals surface area contributed by atoms with Gasteiger partial charge in [0.2, 0.25) is 0 Å². The number of carbonyl (C=O) groups excluding carboxylic acids is 1. The number of carbonyl (C=O) groups is 1. The molecule has 0 aliphatic heterocycles. The predicted octanol–water partition coefficient (Wildman–Crippen LogP) is 0.742. The van der Waals surface area contributed by atoms with E-state index in [0.717, 1.165) is 0 Å². The van der Waals surface area contributed by atoms with Gasteiger partial charge >= 0.3 is 5.97 Å². The van der Waals surface area contributed by atoms with Gasteiger partial charge in [-0.05, 0) is 27.7 Å². The molecule has 0 aromatic carbocycles. The minimum absolute atomic E-state index is 0.0762. The third-order valence-electron chi connectivity index (χ3n) is 1.54. The first kappa shape index (κ1) is 15.3. The predicted molar refractivity (Wildman–Crippen MR) is 59.2 cm³/mol. The van der Waals surface area contributed by atoms with Gasteiger partial charge in [-0.25, -0.2) is 4.79 Å². The normalized spacial score (nSPS) is 13.6. The molecule has 1 atom stereocenters. The molecule has 0 bridgehead atoms. The summed E-state index contributed by atoms with van der Waals surface area (Å²) in [6.07, 6.45) is -0.726. The Hall–Kier alpha value is -0.650. The molecular weight excluding hydrogens is 212 g/mol. The largest absolute Gasteiger partial charge is 0.458 e. The number of hydrogen-bond donors (Lipinski definition) is 1. The summed E-state index contributed by atoms with van der Waals surface area (Å²) in [4.78, 5) is 11.7. The van der Waals surface area contributed by atoms with Crippen molar-refractivity contribution in [1.29, 1.82) is 0 Å². The molecule has 0 rings (SSSR count). The monoisotopic (exact) mass is 234 g/mol. The summed E-state index contributed by atoms with van der Waals surface area (Å²) in [6.45, 7) is 7.80. The summed E-state index contributed by atoms with van der Waals surface area (Å²) in [6, 6.07) is 0. The first-order valence-corrected chi connectivity index (χ1v) is 5.43. The minimum Gasteiger partial charge on any atom is -0.458 e. The molecule has 16 heavy (non-hydrogen) atoms. The molecule has 0 aliphatic carbocycles. The molecular formula is C11H22O5. The Morgan fingerprint density at radius 3 is 2.44 bits per heavy atom. The van der Waals surface area contributed by atoms with E-state index in [0.29, 0.717) is 6.61 Å². The summed E-state index contributed by atoms with van der Waals surface area (Å²) in [5.74, 6) is -0.438. The van der Waals surface area contributed by atoms with Gasteiger partial charge in [-0.1, -0.05) is 0 Å². The van der Waals surface area contributed by atoms with Gasteiger partial charge in [0.1, 0.15) is 5.60 Å². The van der Waals surface area contributed by atoms with Crippen molar-refractivity contribution < 1.29 is 24.1 Å². The number of esters is 1. The first-order chi connectivity index (χ1) is 7.40. The lowest BCUT2D eigenvalue weighted by atomic mass is 10.2. The second-order valence-electron chi connectivity index (χ2n) is 4.28. The van der Waals surface area contributed by atoms with Crippen LogP contribution in [0.1, 0.15) is 27.7 Å². The highest BCUT2D eigenvalue weighted by Crippen LogP contribution is 2.10. The summed E-state index contributed by atoms with van der Waals surface area (Å²) in [7, 11) is 0. The van der Waals surface area contributed by atoms with Crippen LogP contribution >= 0.6 is 0 Å².